The van der Waals surface area contributed by atoms with E-state index in [2.05, 4.69) is 20.8 Å². The Hall–Kier alpha value is -5.25. The maximum atomic E-state index is 13.3. The van der Waals surface area contributed by atoms with Crippen molar-refractivity contribution < 1.29 is 23.3 Å². The first-order valence-corrected chi connectivity index (χ1v) is 11.4. The SMILES string of the molecule is Cc1noc2nc(-c3ccco3)cc(C(=O)Nc3ccc(C(=O)N4CC(=O)Nc5ccccc54)cc3)c12. The van der Waals surface area contributed by atoms with E-state index in [0.29, 0.717) is 50.7 Å². The Labute approximate surface area is 209 Å². The monoisotopic (exact) mass is 493 g/mol. The first-order valence-electron chi connectivity index (χ1n) is 11.4. The van der Waals surface area contributed by atoms with E-state index in [1.807, 2.05) is 0 Å². The Bertz CT molecular complexity index is 1670. The van der Waals surface area contributed by atoms with E-state index >= 15 is 0 Å². The van der Waals surface area contributed by atoms with Crippen LogP contribution in [0.2, 0.25) is 0 Å². The third kappa shape index (κ3) is 4.00. The molecule has 3 aromatic heterocycles. The van der Waals surface area contributed by atoms with Gasteiger partial charge in [0.1, 0.15) is 12.2 Å². The largest absolute Gasteiger partial charge is 0.463 e. The third-order valence-corrected chi connectivity index (χ3v) is 6.04. The van der Waals surface area contributed by atoms with E-state index in [9.17, 15) is 14.4 Å². The zero-order chi connectivity index (χ0) is 25.5. The van der Waals surface area contributed by atoms with Crippen LogP contribution in [0.3, 0.4) is 0 Å². The number of nitrogens with zero attached hydrogens (tertiary/aromatic N) is 3. The molecule has 10 nitrogen and oxygen atoms in total. The number of hydrogen-bond donors (Lipinski definition) is 2. The molecule has 0 radical (unpaired) electrons. The third-order valence-electron chi connectivity index (χ3n) is 6.04. The number of furan rings is 1. The number of benzene rings is 2. The van der Waals surface area contributed by atoms with E-state index in [1.165, 1.54) is 11.2 Å². The lowest BCUT2D eigenvalue weighted by molar-refractivity contribution is -0.115. The van der Waals surface area contributed by atoms with Crippen molar-refractivity contribution in [3.8, 4) is 11.5 Å². The minimum absolute atomic E-state index is 0.0809. The van der Waals surface area contributed by atoms with Gasteiger partial charge in [-0.15, -0.1) is 0 Å². The average molecular weight is 493 g/mol. The predicted molar refractivity (Wildman–Crippen MR) is 135 cm³/mol. The van der Waals surface area contributed by atoms with E-state index in [-0.39, 0.29) is 24.1 Å². The maximum absolute atomic E-state index is 13.3. The number of amides is 3. The molecule has 6 rings (SSSR count). The van der Waals surface area contributed by atoms with E-state index < -0.39 is 5.91 Å². The van der Waals surface area contributed by atoms with Gasteiger partial charge in [0.2, 0.25) is 5.91 Å². The Morgan fingerprint density at radius 3 is 2.65 bits per heavy atom. The van der Waals surface area contributed by atoms with Gasteiger partial charge in [0.25, 0.3) is 17.5 Å². The molecule has 4 heterocycles. The summed E-state index contributed by atoms with van der Waals surface area (Å²) in [5.41, 5.74) is 3.59. The highest BCUT2D eigenvalue weighted by atomic mass is 16.5. The number of carbonyl (C=O) groups is 3. The molecular formula is C27H19N5O5. The normalized spacial score (nSPS) is 12.8. The molecule has 0 spiro atoms. The number of fused-ring (bicyclic) bond motifs is 2. The number of para-hydroxylation sites is 2. The lowest BCUT2D eigenvalue weighted by Gasteiger charge is -2.29. The summed E-state index contributed by atoms with van der Waals surface area (Å²) in [6.45, 7) is 1.65. The summed E-state index contributed by atoms with van der Waals surface area (Å²) in [4.78, 5) is 44.4. The molecule has 1 aliphatic heterocycles. The second-order valence-corrected chi connectivity index (χ2v) is 8.47. The highest BCUT2D eigenvalue weighted by Gasteiger charge is 2.27. The van der Waals surface area contributed by atoms with Crippen molar-refractivity contribution in [2.75, 3.05) is 22.1 Å². The van der Waals surface area contributed by atoms with Crippen molar-refractivity contribution in [2.45, 2.75) is 6.92 Å². The highest BCUT2D eigenvalue weighted by molar-refractivity contribution is 6.16. The van der Waals surface area contributed by atoms with Gasteiger partial charge >= 0.3 is 0 Å². The van der Waals surface area contributed by atoms with Gasteiger partial charge < -0.3 is 19.6 Å². The summed E-state index contributed by atoms with van der Waals surface area (Å²) in [6, 6.07) is 18.7. The molecule has 0 aliphatic carbocycles. The van der Waals surface area contributed by atoms with Crippen LogP contribution in [0.5, 0.6) is 0 Å². The van der Waals surface area contributed by atoms with Crippen molar-refractivity contribution in [3.05, 3.63) is 89.8 Å². The molecule has 10 heteroatoms. The molecule has 182 valence electrons. The van der Waals surface area contributed by atoms with Crippen LogP contribution in [-0.2, 0) is 4.79 Å². The van der Waals surface area contributed by atoms with Crippen LogP contribution in [0.15, 0.2) is 81.9 Å². The quantitative estimate of drug-likeness (QED) is 0.373. The standard InChI is InChI=1S/C27H19N5O5/c1-15-24-18(13-20(22-7-4-12-36-22)30-26(24)37-31-15)25(34)28-17-10-8-16(9-11-17)27(35)32-14-23(33)29-19-5-2-3-6-21(19)32/h2-13H,14H2,1H3,(H,28,34)(H,29,33). The minimum Gasteiger partial charge on any atom is -0.463 e. The van der Waals surface area contributed by atoms with Crippen LogP contribution in [0, 0.1) is 6.92 Å². The van der Waals surface area contributed by atoms with Gasteiger partial charge in [0.15, 0.2) is 5.76 Å². The fourth-order valence-corrected chi connectivity index (χ4v) is 4.29. The van der Waals surface area contributed by atoms with Crippen molar-refractivity contribution in [1.29, 1.82) is 0 Å². The van der Waals surface area contributed by atoms with Crippen LogP contribution in [0.25, 0.3) is 22.6 Å². The van der Waals surface area contributed by atoms with Gasteiger partial charge in [-0.2, -0.15) is 0 Å². The second kappa shape index (κ2) is 8.76. The molecule has 0 saturated heterocycles. The Morgan fingerprint density at radius 2 is 1.86 bits per heavy atom. The molecule has 0 fully saturated rings. The summed E-state index contributed by atoms with van der Waals surface area (Å²) >= 11 is 0. The van der Waals surface area contributed by atoms with Gasteiger partial charge in [-0.3, -0.25) is 19.3 Å². The van der Waals surface area contributed by atoms with Crippen molar-refractivity contribution in [2.24, 2.45) is 0 Å². The number of aromatic nitrogens is 2. The summed E-state index contributed by atoms with van der Waals surface area (Å²) in [5.74, 6) is -0.496. The Kier molecular flexibility index (Phi) is 5.26. The van der Waals surface area contributed by atoms with Crippen LogP contribution < -0.4 is 15.5 Å². The summed E-state index contributed by atoms with van der Waals surface area (Å²) in [5, 5.41) is 10.1. The first kappa shape index (κ1) is 22.2. The zero-order valence-corrected chi connectivity index (χ0v) is 19.5. The van der Waals surface area contributed by atoms with Crippen LogP contribution in [0.4, 0.5) is 17.1 Å². The smallest absolute Gasteiger partial charge is 0.259 e. The molecule has 2 aromatic carbocycles. The molecule has 0 atom stereocenters. The molecule has 3 amide bonds. The number of pyridine rings is 1. The molecule has 0 saturated carbocycles. The van der Waals surface area contributed by atoms with Gasteiger partial charge in [0.05, 0.1) is 34.3 Å². The van der Waals surface area contributed by atoms with E-state index in [0.717, 1.165) is 0 Å². The van der Waals surface area contributed by atoms with Crippen molar-refractivity contribution in [3.63, 3.8) is 0 Å². The lowest BCUT2D eigenvalue weighted by Crippen LogP contribution is -2.42. The maximum Gasteiger partial charge on any atom is 0.259 e. The van der Waals surface area contributed by atoms with Crippen molar-refractivity contribution >= 4 is 45.9 Å². The van der Waals surface area contributed by atoms with Gasteiger partial charge in [0, 0.05) is 11.3 Å². The molecule has 5 aromatic rings. The van der Waals surface area contributed by atoms with Crippen molar-refractivity contribution in [1.82, 2.24) is 10.1 Å². The molecule has 37 heavy (non-hydrogen) atoms. The average Bonchev–Trinajstić information content (AvgIpc) is 3.58. The summed E-state index contributed by atoms with van der Waals surface area (Å²) in [7, 11) is 0. The number of aryl methyl sites for hydroxylation is 1. The van der Waals surface area contributed by atoms with Gasteiger partial charge in [-0.1, -0.05) is 17.3 Å². The Morgan fingerprint density at radius 1 is 1.05 bits per heavy atom. The lowest BCUT2D eigenvalue weighted by atomic mass is 10.1. The molecular weight excluding hydrogens is 474 g/mol. The summed E-state index contributed by atoms with van der Waals surface area (Å²) < 4.78 is 10.7. The molecule has 0 unspecified atom stereocenters. The van der Waals surface area contributed by atoms with E-state index in [4.69, 9.17) is 8.94 Å². The number of anilines is 3. The van der Waals surface area contributed by atoms with Crippen LogP contribution >= 0.6 is 0 Å². The summed E-state index contributed by atoms with van der Waals surface area (Å²) in [6.07, 6.45) is 1.52. The number of hydrogen-bond acceptors (Lipinski definition) is 7. The first-order chi connectivity index (χ1) is 18.0. The fourth-order valence-electron chi connectivity index (χ4n) is 4.29. The second-order valence-electron chi connectivity index (χ2n) is 8.47. The predicted octanol–water partition coefficient (Wildman–Crippen LogP) is 4.64. The molecule has 1 aliphatic rings. The zero-order valence-electron chi connectivity index (χ0n) is 19.5. The number of carbonyl (C=O) groups excluding carboxylic acids is 3. The molecule has 2 N–H and O–H groups in total. The Balaban J connectivity index is 1.26. The number of nitrogens with one attached hydrogen (secondary N) is 2. The van der Waals surface area contributed by atoms with Crippen LogP contribution in [-0.4, -0.2) is 34.4 Å². The van der Waals surface area contributed by atoms with Crippen LogP contribution in [0.1, 0.15) is 26.4 Å². The van der Waals surface area contributed by atoms with Gasteiger partial charge in [-0.05, 0) is 61.5 Å². The topological polar surface area (TPSA) is 131 Å². The fraction of sp³-hybridized carbons (Fsp3) is 0.0741. The molecule has 0 bridgehead atoms. The van der Waals surface area contributed by atoms with E-state index in [1.54, 1.807) is 73.7 Å². The minimum atomic E-state index is -0.396. The highest BCUT2D eigenvalue weighted by Crippen LogP contribution is 2.31. The number of rotatable bonds is 4. The van der Waals surface area contributed by atoms with Gasteiger partial charge in [-0.25, -0.2) is 4.98 Å².